The summed E-state index contributed by atoms with van der Waals surface area (Å²) >= 11 is 0. The van der Waals surface area contributed by atoms with Crippen LogP contribution in [0.4, 0.5) is 26.3 Å². The summed E-state index contributed by atoms with van der Waals surface area (Å²) in [6.07, 6.45) is 1.84. The van der Waals surface area contributed by atoms with Gasteiger partial charge in [0, 0.05) is 5.56 Å². The van der Waals surface area contributed by atoms with Crippen molar-refractivity contribution < 1.29 is 26.3 Å². The fourth-order valence-electron chi connectivity index (χ4n) is 4.47. The molecule has 0 heterocycles. The zero-order chi connectivity index (χ0) is 22.3. The van der Waals surface area contributed by atoms with Crippen LogP contribution < -0.4 is 0 Å². The molecule has 0 amide bonds. The summed E-state index contributed by atoms with van der Waals surface area (Å²) < 4.78 is 86.0. The van der Waals surface area contributed by atoms with E-state index in [1.54, 1.807) is 0 Å². The second-order valence-corrected chi connectivity index (χ2v) is 7.98. The van der Waals surface area contributed by atoms with Gasteiger partial charge in [-0.3, -0.25) is 0 Å². The number of aryl methyl sites for hydroxylation is 1. The molecule has 0 aromatic heterocycles. The molecule has 0 saturated carbocycles. The highest BCUT2D eigenvalue weighted by Gasteiger charge is 2.30. The number of hydrogen-bond acceptors (Lipinski definition) is 0. The highest BCUT2D eigenvalue weighted by Crippen LogP contribution is 2.40. The van der Waals surface area contributed by atoms with E-state index in [-0.39, 0.29) is 36.0 Å². The quantitative estimate of drug-likeness (QED) is 0.375. The molecule has 1 atom stereocenters. The lowest BCUT2D eigenvalue weighted by Crippen LogP contribution is -2.18. The zero-order valence-corrected chi connectivity index (χ0v) is 16.8. The van der Waals surface area contributed by atoms with E-state index in [9.17, 15) is 22.0 Å². The van der Waals surface area contributed by atoms with Gasteiger partial charge < -0.3 is 0 Å². The van der Waals surface area contributed by atoms with Crippen molar-refractivity contribution in [1.82, 2.24) is 0 Å². The molecule has 0 N–H and O–H groups in total. The maximum Gasteiger partial charge on any atom is 0.159 e. The van der Waals surface area contributed by atoms with Crippen molar-refractivity contribution in [3.05, 3.63) is 93.6 Å². The Morgan fingerprint density at radius 3 is 2.16 bits per heavy atom. The van der Waals surface area contributed by atoms with E-state index in [0.29, 0.717) is 17.5 Å². The maximum absolute atomic E-state index is 15.2. The third kappa shape index (κ3) is 3.95. The molecule has 3 aromatic carbocycles. The smallest absolute Gasteiger partial charge is 0.159 e. The van der Waals surface area contributed by atoms with E-state index in [0.717, 1.165) is 30.7 Å². The molecular formula is C25H20F6. The Bertz CT molecular complexity index is 1130. The second-order valence-electron chi connectivity index (χ2n) is 7.98. The monoisotopic (exact) mass is 434 g/mol. The van der Waals surface area contributed by atoms with Crippen molar-refractivity contribution >= 4 is 0 Å². The van der Waals surface area contributed by atoms with Crippen LogP contribution in [0.2, 0.25) is 0 Å². The van der Waals surface area contributed by atoms with Gasteiger partial charge in [-0.25, -0.2) is 26.3 Å². The van der Waals surface area contributed by atoms with Gasteiger partial charge in [0.05, 0.1) is 5.56 Å². The molecule has 31 heavy (non-hydrogen) atoms. The summed E-state index contributed by atoms with van der Waals surface area (Å²) in [5, 5.41) is 0. The van der Waals surface area contributed by atoms with Crippen LogP contribution in [0.25, 0.3) is 11.1 Å². The fourth-order valence-corrected chi connectivity index (χ4v) is 4.47. The molecule has 1 aliphatic carbocycles. The van der Waals surface area contributed by atoms with Crippen molar-refractivity contribution in [2.45, 2.75) is 44.9 Å². The van der Waals surface area contributed by atoms with Crippen LogP contribution in [0.15, 0.2) is 36.4 Å². The van der Waals surface area contributed by atoms with Gasteiger partial charge in [-0.15, -0.1) is 0 Å². The predicted molar refractivity (Wildman–Crippen MR) is 107 cm³/mol. The number of benzene rings is 3. The third-order valence-electron chi connectivity index (χ3n) is 5.91. The van der Waals surface area contributed by atoms with Crippen LogP contribution in [0.3, 0.4) is 0 Å². The Labute approximate surface area is 176 Å². The molecule has 4 rings (SSSR count). The SMILES string of the molecule is CCCc1cc(F)c(C2CCc3c(cc(F)c(-c4ccc(F)c(F)c4)c3F)C2)c(F)c1. The molecule has 162 valence electrons. The molecule has 0 nitrogen and oxygen atoms in total. The molecular weight excluding hydrogens is 414 g/mol. The van der Waals surface area contributed by atoms with Gasteiger partial charge >= 0.3 is 0 Å². The topological polar surface area (TPSA) is 0 Å². The van der Waals surface area contributed by atoms with Gasteiger partial charge in [0.15, 0.2) is 11.6 Å². The van der Waals surface area contributed by atoms with E-state index in [1.165, 1.54) is 12.1 Å². The molecule has 0 fully saturated rings. The van der Waals surface area contributed by atoms with Crippen LogP contribution in [0.1, 0.15) is 47.9 Å². The summed E-state index contributed by atoms with van der Waals surface area (Å²) in [5.41, 5.74) is 0.538. The van der Waals surface area contributed by atoms with Crippen molar-refractivity contribution in [3.8, 4) is 11.1 Å². The Morgan fingerprint density at radius 2 is 1.52 bits per heavy atom. The van der Waals surface area contributed by atoms with Crippen molar-refractivity contribution in [1.29, 1.82) is 0 Å². The summed E-state index contributed by atoms with van der Waals surface area (Å²) in [4.78, 5) is 0. The Morgan fingerprint density at radius 1 is 0.806 bits per heavy atom. The minimum atomic E-state index is -1.20. The molecule has 0 bridgehead atoms. The summed E-state index contributed by atoms with van der Waals surface area (Å²) in [6.45, 7) is 1.92. The van der Waals surface area contributed by atoms with E-state index >= 15 is 4.39 Å². The lowest BCUT2D eigenvalue weighted by Gasteiger charge is -2.27. The van der Waals surface area contributed by atoms with Crippen LogP contribution >= 0.6 is 0 Å². The zero-order valence-electron chi connectivity index (χ0n) is 16.8. The first kappa shape index (κ1) is 21.5. The maximum atomic E-state index is 15.2. The van der Waals surface area contributed by atoms with E-state index in [2.05, 4.69) is 0 Å². The molecule has 0 spiro atoms. The lowest BCUT2D eigenvalue weighted by atomic mass is 9.78. The van der Waals surface area contributed by atoms with Crippen LogP contribution in [-0.2, 0) is 19.3 Å². The van der Waals surface area contributed by atoms with Gasteiger partial charge in [-0.1, -0.05) is 19.4 Å². The molecule has 3 aromatic rings. The average Bonchev–Trinajstić information content (AvgIpc) is 2.70. The Kier molecular flexibility index (Phi) is 5.82. The van der Waals surface area contributed by atoms with Gasteiger partial charge in [-0.2, -0.15) is 0 Å². The molecule has 6 heteroatoms. The van der Waals surface area contributed by atoms with Crippen LogP contribution in [-0.4, -0.2) is 0 Å². The summed E-state index contributed by atoms with van der Waals surface area (Å²) in [5.74, 6) is -5.92. The first-order valence-corrected chi connectivity index (χ1v) is 10.2. The van der Waals surface area contributed by atoms with Gasteiger partial charge in [0.25, 0.3) is 0 Å². The molecule has 0 aliphatic heterocycles. The minimum absolute atomic E-state index is 0.0593. The highest BCUT2D eigenvalue weighted by molar-refractivity contribution is 5.67. The normalized spacial score (nSPS) is 15.8. The fraction of sp³-hybridized carbons (Fsp3) is 0.280. The molecule has 0 radical (unpaired) electrons. The lowest BCUT2D eigenvalue weighted by molar-refractivity contribution is 0.477. The first-order valence-electron chi connectivity index (χ1n) is 10.2. The van der Waals surface area contributed by atoms with E-state index in [1.807, 2.05) is 6.92 Å². The van der Waals surface area contributed by atoms with Crippen LogP contribution in [0.5, 0.6) is 0 Å². The van der Waals surface area contributed by atoms with E-state index < -0.39 is 46.4 Å². The standard InChI is InChI=1S/C25H20F6/c1-2-3-13-8-20(28)23(21(29)9-13)14-4-6-17-16(10-14)12-22(30)24(25(17)31)15-5-7-18(26)19(27)11-15/h5,7-9,11-12,14H,2-4,6,10H2,1H3. The van der Waals surface area contributed by atoms with Crippen molar-refractivity contribution in [2.24, 2.45) is 0 Å². The number of hydrogen-bond donors (Lipinski definition) is 0. The number of rotatable bonds is 4. The first-order chi connectivity index (χ1) is 14.8. The predicted octanol–water partition coefficient (Wildman–Crippen LogP) is 7.41. The Balaban J connectivity index is 1.71. The molecule has 1 unspecified atom stereocenters. The average molecular weight is 434 g/mol. The summed E-state index contributed by atoms with van der Waals surface area (Å²) in [7, 11) is 0. The molecule has 1 aliphatic rings. The van der Waals surface area contributed by atoms with Gasteiger partial charge in [-0.05, 0) is 84.2 Å². The number of fused-ring (bicyclic) bond motifs is 1. The Hall–Kier alpha value is -2.76. The summed E-state index contributed by atoms with van der Waals surface area (Å²) in [6, 6.07) is 6.45. The third-order valence-corrected chi connectivity index (χ3v) is 5.91. The molecule has 0 saturated heterocycles. The van der Waals surface area contributed by atoms with Gasteiger partial charge in [0.2, 0.25) is 0 Å². The van der Waals surface area contributed by atoms with E-state index in [4.69, 9.17) is 0 Å². The minimum Gasteiger partial charge on any atom is -0.207 e. The van der Waals surface area contributed by atoms with Crippen LogP contribution in [0, 0.1) is 34.9 Å². The van der Waals surface area contributed by atoms with Crippen molar-refractivity contribution in [3.63, 3.8) is 0 Å². The van der Waals surface area contributed by atoms with Crippen molar-refractivity contribution in [2.75, 3.05) is 0 Å². The highest BCUT2D eigenvalue weighted by atomic mass is 19.2. The van der Waals surface area contributed by atoms with Gasteiger partial charge in [0.1, 0.15) is 23.3 Å². The largest absolute Gasteiger partial charge is 0.207 e. The second kappa shape index (κ2) is 8.40. The number of halogens is 6.